The van der Waals surface area contributed by atoms with Crippen molar-refractivity contribution < 1.29 is 9.13 Å². The highest BCUT2D eigenvalue weighted by Gasteiger charge is 2.20. The number of nitrogens with zero attached hydrogens (tertiary/aromatic N) is 1. The summed E-state index contributed by atoms with van der Waals surface area (Å²) in [5, 5.41) is 3.38. The van der Waals surface area contributed by atoms with Crippen molar-refractivity contribution in [3.8, 4) is 5.75 Å². The van der Waals surface area contributed by atoms with Crippen molar-refractivity contribution in [2.75, 3.05) is 32.8 Å². The topological polar surface area (TPSA) is 24.5 Å². The van der Waals surface area contributed by atoms with E-state index in [1.54, 1.807) is 12.1 Å². The average molecular weight is 252 g/mol. The fourth-order valence-corrected chi connectivity index (χ4v) is 2.36. The molecule has 1 N–H and O–H groups in total. The van der Waals surface area contributed by atoms with Gasteiger partial charge in [0.1, 0.15) is 18.2 Å². The molecule has 1 aliphatic rings. The van der Waals surface area contributed by atoms with Crippen LogP contribution < -0.4 is 10.1 Å². The highest BCUT2D eigenvalue weighted by molar-refractivity contribution is 5.21. The minimum atomic E-state index is -0.227. The Morgan fingerprint density at radius 3 is 2.78 bits per heavy atom. The molecule has 4 heteroatoms. The van der Waals surface area contributed by atoms with E-state index in [4.69, 9.17) is 4.74 Å². The Morgan fingerprint density at radius 1 is 1.39 bits per heavy atom. The minimum absolute atomic E-state index is 0.227. The number of rotatable bonds is 6. The van der Waals surface area contributed by atoms with Crippen LogP contribution in [0.25, 0.3) is 0 Å². The SMILES string of the molecule is CCN(CCOc1ccc(F)cc1)C1CCNC1. The molecule has 1 aromatic rings. The largest absolute Gasteiger partial charge is 0.492 e. The quantitative estimate of drug-likeness (QED) is 0.836. The molecule has 0 bridgehead atoms. The van der Waals surface area contributed by atoms with E-state index in [1.165, 1.54) is 18.6 Å². The third kappa shape index (κ3) is 3.68. The smallest absolute Gasteiger partial charge is 0.123 e. The average Bonchev–Trinajstić information content (AvgIpc) is 2.91. The fourth-order valence-electron chi connectivity index (χ4n) is 2.36. The van der Waals surface area contributed by atoms with Crippen LogP contribution in [-0.4, -0.2) is 43.7 Å². The summed E-state index contributed by atoms with van der Waals surface area (Å²) in [6.07, 6.45) is 1.21. The molecule has 2 rings (SSSR count). The third-order valence-electron chi connectivity index (χ3n) is 3.42. The van der Waals surface area contributed by atoms with Gasteiger partial charge in [0.05, 0.1) is 0 Å². The Labute approximate surface area is 108 Å². The molecule has 0 amide bonds. The number of benzene rings is 1. The summed E-state index contributed by atoms with van der Waals surface area (Å²) >= 11 is 0. The lowest BCUT2D eigenvalue weighted by Crippen LogP contribution is -2.39. The lowest BCUT2D eigenvalue weighted by atomic mass is 10.2. The highest BCUT2D eigenvalue weighted by Crippen LogP contribution is 2.12. The molecule has 1 unspecified atom stereocenters. The molecular formula is C14H21FN2O. The molecule has 1 atom stereocenters. The number of halogens is 1. The molecule has 0 spiro atoms. The molecule has 1 saturated heterocycles. The van der Waals surface area contributed by atoms with Crippen LogP contribution in [0, 0.1) is 5.82 Å². The van der Waals surface area contributed by atoms with Crippen LogP contribution in [0.5, 0.6) is 5.75 Å². The maximum absolute atomic E-state index is 12.7. The molecule has 1 heterocycles. The van der Waals surface area contributed by atoms with Gasteiger partial charge in [-0.1, -0.05) is 6.92 Å². The molecule has 1 aromatic carbocycles. The van der Waals surface area contributed by atoms with Gasteiger partial charge in [-0.15, -0.1) is 0 Å². The molecule has 0 radical (unpaired) electrons. The summed E-state index contributed by atoms with van der Waals surface area (Å²) in [7, 11) is 0. The molecule has 1 aliphatic heterocycles. The van der Waals surface area contributed by atoms with E-state index in [0.29, 0.717) is 12.6 Å². The Hall–Kier alpha value is -1.13. The molecular weight excluding hydrogens is 231 g/mol. The van der Waals surface area contributed by atoms with E-state index in [2.05, 4.69) is 17.1 Å². The third-order valence-corrected chi connectivity index (χ3v) is 3.42. The van der Waals surface area contributed by atoms with Crippen molar-refractivity contribution in [3.63, 3.8) is 0 Å². The van der Waals surface area contributed by atoms with Crippen LogP contribution in [-0.2, 0) is 0 Å². The summed E-state index contributed by atoms with van der Waals surface area (Å²) in [5.74, 6) is 0.506. The lowest BCUT2D eigenvalue weighted by molar-refractivity contribution is 0.174. The van der Waals surface area contributed by atoms with Crippen LogP contribution in [0.4, 0.5) is 4.39 Å². The fraction of sp³-hybridized carbons (Fsp3) is 0.571. The summed E-state index contributed by atoms with van der Waals surface area (Å²) in [5.41, 5.74) is 0. The van der Waals surface area contributed by atoms with Crippen molar-refractivity contribution in [1.82, 2.24) is 10.2 Å². The van der Waals surface area contributed by atoms with Gasteiger partial charge in [-0.25, -0.2) is 4.39 Å². The molecule has 0 aliphatic carbocycles. The van der Waals surface area contributed by atoms with E-state index in [0.717, 1.165) is 31.9 Å². The first-order valence-electron chi connectivity index (χ1n) is 6.62. The Balaban J connectivity index is 1.74. The van der Waals surface area contributed by atoms with Crippen molar-refractivity contribution in [1.29, 1.82) is 0 Å². The van der Waals surface area contributed by atoms with Gasteiger partial charge in [-0.2, -0.15) is 0 Å². The first-order chi connectivity index (χ1) is 8.79. The second kappa shape index (κ2) is 6.71. The summed E-state index contributed by atoms with van der Waals surface area (Å²) < 4.78 is 18.3. The van der Waals surface area contributed by atoms with Crippen molar-refractivity contribution >= 4 is 0 Å². The monoisotopic (exact) mass is 252 g/mol. The standard InChI is InChI=1S/C14H21FN2O/c1-2-17(13-7-8-16-11-13)9-10-18-14-5-3-12(15)4-6-14/h3-6,13,16H,2,7-11H2,1H3. The van der Waals surface area contributed by atoms with E-state index in [-0.39, 0.29) is 5.82 Å². The number of hydrogen-bond donors (Lipinski definition) is 1. The summed E-state index contributed by atoms with van der Waals surface area (Å²) in [6, 6.07) is 6.82. The first-order valence-corrected chi connectivity index (χ1v) is 6.62. The van der Waals surface area contributed by atoms with Gasteiger partial charge < -0.3 is 10.1 Å². The van der Waals surface area contributed by atoms with Crippen LogP contribution >= 0.6 is 0 Å². The lowest BCUT2D eigenvalue weighted by Gasteiger charge is -2.26. The molecule has 100 valence electrons. The van der Waals surface area contributed by atoms with Gasteiger partial charge in [0.2, 0.25) is 0 Å². The van der Waals surface area contributed by atoms with Crippen LogP contribution in [0.3, 0.4) is 0 Å². The zero-order chi connectivity index (χ0) is 12.8. The Bertz CT molecular complexity index is 349. The van der Waals surface area contributed by atoms with Crippen LogP contribution in [0.2, 0.25) is 0 Å². The number of hydrogen-bond acceptors (Lipinski definition) is 3. The van der Waals surface area contributed by atoms with Gasteiger partial charge >= 0.3 is 0 Å². The molecule has 0 saturated carbocycles. The number of ether oxygens (including phenoxy) is 1. The van der Waals surface area contributed by atoms with Crippen molar-refractivity contribution in [2.45, 2.75) is 19.4 Å². The van der Waals surface area contributed by atoms with Crippen LogP contribution in [0.1, 0.15) is 13.3 Å². The van der Waals surface area contributed by atoms with E-state index in [1.807, 2.05) is 0 Å². The number of likely N-dealkylation sites (N-methyl/N-ethyl adjacent to an activating group) is 1. The second-order valence-electron chi connectivity index (χ2n) is 4.58. The van der Waals surface area contributed by atoms with E-state index in [9.17, 15) is 4.39 Å². The van der Waals surface area contributed by atoms with Gasteiger partial charge in [0, 0.05) is 19.1 Å². The minimum Gasteiger partial charge on any atom is -0.492 e. The zero-order valence-corrected chi connectivity index (χ0v) is 10.9. The van der Waals surface area contributed by atoms with E-state index < -0.39 is 0 Å². The Kier molecular flexibility index (Phi) is 4.96. The predicted octanol–water partition coefficient (Wildman–Crippen LogP) is 1.89. The van der Waals surface area contributed by atoms with Crippen molar-refractivity contribution in [2.24, 2.45) is 0 Å². The van der Waals surface area contributed by atoms with Gasteiger partial charge in [-0.3, -0.25) is 4.90 Å². The molecule has 0 aromatic heterocycles. The maximum Gasteiger partial charge on any atom is 0.123 e. The van der Waals surface area contributed by atoms with Crippen molar-refractivity contribution in [3.05, 3.63) is 30.1 Å². The second-order valence-corrected chi connectivity index (χ2v) is 4.58. The molecule has 1 fully saturated rings. The Morgan fingerprint density at radius 2 is 2.17 bits per heavy atom. The zero-order valence-electron chi connectivity index (χ0n) is 10.9. The van der Waals surface area contributed by atoms with E-state index >= 15 is 0 Å². The highest BCUT2D eigenvalue weighted by atomic mass is 19.1. The number of nitrogens with one attached hydrogen (secondary N) is 1. The maximum atomic E-state index is 12.7. The summed E-state index contributed by atoms with van der Waals surface area (Å²) in [6.45, 7) is 6.97. The first kappa shape index (κ1) is 13.3. The van der Waals surface area contributed by atoms with Crippen LogP contribution in [0.15, 0.2) is 24.3 Å². The summed E-state index contributed by atoms with van der Waals surface area (Å²) in [4.78, 5) is 2.43. The molecule has 18 heavy (non-hydrogen) atoms. The predicted molar refractivity (Wildman–Crippen MR) is 70.4 cm³/mol. The van der Waals surface area contributed by atoms with Gasteiger partial charge in [0.25, 0.3) is 0 Å². The van der Waals surface area contributed by atoms with Gasteiger partial charge in [0.15, 0.2) is 0 Å². The van der Waals surface area contributed by atoms with Gasteiger partial charge in [-0.05, 0) is 43.8 Å². The molecule has 3 nitrogen and oxygen atoms in total. The normalized spacial score (nSPS) is 19.4.